The van der Waals surface area contributed by atoms with Gasteiger partial charge in [-0.3, -0.25) is 14.9 Å². The number of nitrogens with two attached hydrogens (primary N) is 1. The maximum atomic E-state index is 11.8. The molecule has 0 bridgehead atoms. The summed E-state index contributed by atoms with van der Waals surface area (Å²) in [4.78, 5) is 21.9. The van der Waals surface area contributed by atoms with Gasteiger partial charge in [0.15, 0.2) is 0 Å². The molecule has 4 N–H and O–H groups in total. The van der Waals surface area contributed by atoms with E-state index in [1.54, 1.807) is 7.05 Å². The van der Waals surface area contributed by atoms with E-state index >= 15 is 0 Å². The van der Waals surface area contributed by atoms with E-state index in [0.717, 1.165) is 0 Å². The smallest absolute Gasteiger partial charge is 0.292 e. The third-order valence-electron chi connectivity index (χ3n) is 2.59. The second kappa shape index (κ2) is 7.55. The predicted molar refractivity (Wildman–Crippen MR) is 75.6 cm³/mol. The summed E-state index contributed by atoms with van der Waals surface area (Å²) in [5, 5.41) is 16.3. The van der Waals surface area contributed by atoms with E-state index in [-0.39, 0.29) is 35.4 Å². The molecule has 1 amide bonds. The normalized spacial score (nSPS) is 11.3. The summed E-state index contributed by atoms with van der Waals surface area (Å²) < 4.78 is 0. The monoisotopic (exact) mass is 288 g/mol. The van der Waals surface area contributed by atoms with Crippen LogP contribution in [0.3, 0.4) is 0 Å². The minimum Gasteiger partial charge on any atom is -0.393 e. The summed E-state index contributed by atoms with van der Waals surface area (Å²) in [6.07, 6.45) is 0. The Labute approximate surface area is 117 Å². The Kier molecular flexibility index (Phi) is 6.81. The number of rotatable bonds is 5. The van der Waals surface area contributed by atoms with E-state index in [4.69, 9.17) is 5.73 Å². The zero-order valence-corrected chi connectivity index (χ0v) is 11.5. The van der Waals surface area contributed by atoms with E-state index in [1.165, 1.54) is 18.2 Å². The van der Waals surface area contributed by atoms with Crippen molar-refractivity contribution in [3.8, 4) is 0 Å². The van der Waals surface area contributed by atoms with Crippen molar-refractivity contribution >= 4 is 29.7 Å². The van der Waals surface area contributed by atoms with Crippen LogP contribution in [0.15, 0.2) is 18.2 Å². The number of nitrogen functional groups attached to an aromatic ring is 1. The first-order valence-electron chi connectivity index (χ1n) is 5.45. The fourth-order valence-corrected chi connectivity index (χ4v) is 1.35. The maximum Gasteiger partial charge on any atom is 0.292 e. The largest absolute Gasteiger partial charge is 0.393 e. The quantitative estimate of drug-likeness (QED) is 0.424. The molecule has 8 heteroatoms. The van der Waals surface area contributed by atoms with Crippen molar-refractivity contribution in [2.45, 2.75) is 13.0 Å². The third kappa shape index (κ3) is 4.38. The van der Waals surface area contributed by atoms with Crippen LogP contribution in [-0.2, 0) is 0 Å². The molecule has 1 atom stereocenters. The second-order valence-electron chi connectivity index (χ2n) is 3.90. The molecule has 1 unspecified atom stereocenters. The summed E-state index contributed by atoms with van der Waals surface area (Å²) in [5.74, 6) is -0.418. The standard InChI is InChI=1S/C11H16N4O3.ClH/c1-7(13-2)6-14-11(16)8-4-3-5-9(10(8)12)15(17)18;/h3-5,7,13H,6,12H2,1-2H3,(H,14,16);1H. The minimum atomic E-state index is -0.609. The molecule has 0 saturated heterocycles. The average molecular weight is 289 g/mol. The number of para-hydroxylation sites is 1. The molecule has 1 aromatic rings. The summed E-state index contributed by atoms with van der Waals surface area (Å²) in [6, 6.07) is 4.27. The van der Waals surface area contributed by atoms with Gasteiger partial charge in [-0.2, -0.15) is 0 Å². The number of nitro groups is 1. The second-order valence-corrected chi connectivity index (χ2v) is 3.90. The minimum absolute atomic E-state index is 0. The molecule has 0 aromatic heterocycles. The molecule has 0 heterocycles. The van der Waals surface area contributed by atoms with Gasteiger partial charge in [-0.15, -0.1) is 12.4 Å². The van der Waals surface area contributed by atoms with E-state index in [9.17, 15) is 14.9 Å². The van der Waals surface area contributed by atoms with Crippen molar-refractivity contribution in [2.24, 2.45) is 0 Å². The first kappa shape index (κ1) is 17.1. The molecule has 1 aromatic carbocycles. The van der Waals surface area contributed by atoms with Crippen LogP contribution in [0.25, 0.3) is 0 Å². The lowest BCUT2D eigenvalue weighted by atomic mass is 10.1. The third-order valence-corrected chi connectivity index (χ3v) is 2.59. The Morgan fingerprint density at radius 1 is 1.53 bits per heavy atom. The van der Waals surface area contributed by atoms with Gasteiger partial charge < -0.3 is 16.4 Å². The Balaban J connectivity index is 0.00000324. The summed E-state index contributed by atoms with van der Waals surface area (Å²) in [7, 11) is 1.78. The molecular weight excluding hydrogens is 272 g/mol. The topological polar surface area (TPSA) is 110 Å². The number of amides is 1. The Morgan fingerprint density at radius 2 is 2.16 bits per heavy atom. The van der Waals surface area contributed by atoms with Gasteiger partial charge >= 0.3 is 0 Å². The molecule has 7 nitrogen and oxygen atoms in total. The number of nitrogens with one attached hydrogen (secondary N) is 2. The molecule has 1 rings (SSSR count). The molecular formula is C11H17ClN4O3. The number of carbonyl (C=O) groups excluding carboxylic acids is 1. The van der Waals surface area contributed by atoms with E-state index in [1.807, 2.05) is 6.92 Å². The highest BCUT2D eigenvalue weighted by Crippen LogP contribution is 2.24. The van der Waals surface area contributed by atoms with Crippen LogP contribution in [0.1, 0.15) is 17.3 Å². The van der Waals surface area contributed by atoms with Crippen molar-refractivity contribution in [2.75, 3.05) is 19.3 Å². The fourth-order valence-electron chi connectivity index (χ4n) is 1.35. The lowest BCUT2D eigenvalue weighted by Gasteiger charge is -2.12. The molecule has 0 radical (unpaired) electrons. The number of anilines is 1. The van der Waals surface area contributed by atoms with Gasteiger partial charge in [0, 0.05) is 18.7 Å². The lowest BCUT2D eigenvalue weighted by molar-refractivity contribution is -0.383. The van der Waals surface area contributed by atoms with Gasteiger partial charge in [-0.1, -0.05) is 6.07 Å². The number of nitro benzene ring substituents is 1. The van der Waals surface area contributed by atoms with Gasteiger partial charge in [0.1, 0.15) is 5.69 Å². The predicted octanol–water partition coefficient (Wildman–Crippen LogP) is 0.936. The number of halogens is 1. The first-order chi connectivity index (χ1) is 8.47. The zero-order chi connectivity index (χ0) is 13.7. The molecule has 0 aliphatic carbocycles. The number of carbonyl (C=O) groups is 1. The van der Waals surface area contributed by atoms with Crippen molar-refractivity contribution in [1.29, 1.82) is 0 Å². The summed E-state index contributed by atoms with van der Waals surface area (Å²) >= 11 is 0. The van der Waals surface area contributed by atoms with Gasteiger partial charge in [0.05, 0.1) is 10.5 Å². The highest BCUT2D eigenvalue weighted by atomic mass is 35.5. The average Bonchev–Trinajstić information content (AvgIpc) is 2.35. The van der Waals surface area contributed by atoms with Crippen LogP contribution in [-0.4, -0.2) is 30.5 Å². The van der Waals surface area contributed by atoms with Gasteiger partial charge in [0.25, 0.3) is 11.6 Å². The molecule has 0 spiro atoms. The van der Waals surface area contributed by atoms with Crippen LogP contribution in [0.2, 0.25) is 0 Å². The van der Waals surface area contributed by atoms with Gasteiger partial charge in [-0.25, -0.2) is 0 Å². The van der Waals surface area contributed by atoms with Crippen molar-refractivity contribution in [3.05, 3.63) is 33.9 Å². The fraction of sp³-hybridized carbons (Fsp3) is 0.364. The van der Waals surface area contributed by atoms with E-state index in [0.29, 0.717) is 6.54 Å². The number of likely N-dealkylation sites (N-methyl/N-ethyl adjacent to an activating group) is 1. The number of hydrogen-bond donors (Lipinski definition) is 3. The van der Waals surface area contributed by atoms with Gasteiger partial charge in [0.2, 0.25) is 0 Å². The summed E-state index contributed by atoms with van der Waals surface area (Å²) in [5.41, 5.74) is 5.35. The molecule has 0 aliphatic heterocycles. The van der Waals surface area contributed by atoms with E-state index < -0.39 is 10.8 Å². The molecule has 106 valence electrons. The number of benzene rings is 1. The Morgan fingerprint density at radius 3 is 2.68 bits per heavy atom. The van der Waals surface area contributed by atoms with Crippen molar-refractivity contribution in [3.63, 3.8) is 0 Å². The molecule has 0 aliphatic rings. The lowest BCUT2D eigenvalue weighted by Crippen LogP contribution is -2.37. The highest BCUT2D eigenvalue weighted by molar-refractivity contribution is 6.00. The van der Waals surface area contributed by atoms with Crippen LogP contribution >= 0.6 is 12.4 Å². The van der Waals surface area contributed by atoms with Crippen LogP contribution in [0.5, 0.6) is 0 Å². The first-order valence-corrected chi connectivity index (χ1v) is 5.45. The Bertz CT molecular complexity index is 467. The Hall–Kier alpha value is -1.86. The molecule has 0 fully saturated rings. The SMILES string of the molecule is CNC(C)CNC(=O)c1cccc([N+](=O)[O-])c1N.Cl. The van der Waals surface area contributed by atoms with E-state index in [2.05, 4.69) is 10.6 Å². The van der Waals surface area contributed by atoms with Crippen LogP contribution in [0, 0.1) is 10.1 Å². The summed E-state index contributed by atoms with van der Waals surface area (Å²) in [6.45, 7) is 2.31. The van der Waals surface area contributed by atoms with Crippen molar-refractivity contribution < 1.29 is 9.72 Å². The number of hydrogen-bond acceptors (Lipinski definition) is 5. The maximum absolute atomic E-state index is 11.8. The van der Waals surface area contributed by atoms with Gasteiger partial charge in [-0.05, 0) is 20.0 Å². The molecule has 19 heavy (non-hydrogen) atoms. The van der Waals surface area contributed by atoms with Crippen LogP contribution in [0.4, 0.5) is 11.4 Å². The number of nitrogens with zero attached hydrogens (tertiary/aromatic N) is 1. The zero-order valence-electron chi connectivity index (χ0n) is 10.7. The van der Waals surface area contributed by atoms with Crippen molar-refractivity contribution in [1.82, 2.24) is 10.6 Å². The van der Waals surface area contributed by atoms with Crippen LogP contribution < -0.4 is 16.4 Å². The molecule has 0 saturated carbocycles. The highest BCUT2D eigenvalue weighted by Gasteiger charge is 2.18.